The van der Waals surface area contributed by atoms with E-state index in [9.17, 15) is 13.2 Å². The van der Waals surface area contributed by atoms with E-state index in [1.54, 1.807) is 18.5 Å². The Kier molecular flexibility index (Phi) is 6.18. The fourth-order valence-electron chi connectivity index (χ4n) is 2.54. The fraction of sp³-hybridized carbons (Fsp3) is 0.143. The second-order valence-electron chi connectivity index (χ2n) is 6.38. The molecule has 0 radical (unpaired) electrons. The van der Waals surface area contributed by atoms with Crippen LogP contribution in [0.1, 0.15) is 27.0 Å². The molecule has 0 aliphatic heterocycles. The maximum absolute atomic E-state index is 12.4. The second kappa shape index (κ2) is 8.77. The lowest BCUT2D eigenvalue weighted by molar-refractivity contribution is 0.0951. The van der Waals surface area contributed by atoms with Crippen molar-refractivity contribution in [1.82, 2.24) is 15.0 Å². The number of nitrogens with zero attached hydrogens (tertiary/aromatic N) is 1. The van der Waals surface area contributed by atoms with Gasteiger partial charge in [-0.3, -0.25) is 9.78 Å². The van der Waals surface area contributed by atoms with Crippen molar-refractivity contribution in [3.8, 4) is 0 Å². The highest BCUT2D eigenvalue weighted by Gasteiger charge is 2.15. The van der Waals surface area contributed by atoms with E-state index in [4.69, 9.17) is 0 Å². The maximum atomic E-state index is 12.4. The van der Waals surface area contributed by atoms with Gasteiger partial charge in [0, 0.05) is 31.0 Å². The van der Waals surface area contributed by atoms with Crippen molar-refractivity contribution in [3.05, 3.63) is 95.3 Å². The van der Waals surface area contributed by atoms with Crippen LogP contribution in [0.15, 0.2) is 78.0 Å². The van der Waals surface area contributed by atoms with Crippen molar-refractivity contribution < 1.29 is 13.2 Å². The van der Waals surface area contributed by atoms with Crippen LogP contribution in [0.25, 0.3) is 0 Å². The zero-order valence-electron chi connectivity index (χ0n) is 15.4. The van der Waals surface area contributed by atoms with E-state index in [1.807, 2.05) is 37.3 Å². The lowest BCUT2D eigenvalue weighted by Gasteiger charge is -2.09. The van der Waals surface area contributed by atoms with E-state index in [0.717, 1.165) is 16.7 Å². The van der Waals surface area contributed by atoms with E-state index < -0.39 is 10.0 Å². The molecule has 0 atom stereocenters. The van der Waals surface area contributed by atoms with Crippen LogP contribution >= 0.6 is 0 Å². The van der Waals surface area contributed by atoms with E-state index in [-0.39, 0.29) is 17.3 Å². The highest BCUT2D eigenvalue weighted by Crippen LogP contribution is 2.12. The summed E-state index contributed by atoms with van der Waals surface area (Å²) in [6.45, 7) is 2.53. The predicted molar refractivity (Wildman–Crippen MR) is 107 cm³/mol. The molecule has 1 amide bonds. The highest BCUT2D eigenvalue weighted by molar-refractivity contribution is 7.89. The number of aryl methyl sites for hydroxylation is 1. The third-order valence-electron chi connectivity index (χ3n) is 4.19. The Labute approximate surface area is 164 Å². The number of aromatic nitrogens is 1. The smallest absolute Gasteiger partial charge is 0.251 e. The standard InChI is InChI=1S/C21H21N3O3S/c1-16-4-6-17(7-5-16)15-24-28(26,27)20-10-8-19(9-11-20)21(25)23-14-18-3-2-12-22-13-18/h2-13,24H,14-15H2,1H3,(H,23,25). The topological polar surface area (TPSA) is 88.2 Å². The number of pyridine rings is 1. The number of carbonyl (C=O) groups is 1. The zero-order valence-corrected chi connectivity index (χ0v) is 16.2. The molecule has 3 aromatic rings. The van der Waals surface area contributed by atoms with Crippen molar-refractivity contribution in [2.75, 3.05) is 0 Å². The van der Waals surface area contributed by atoms with Gasteiger partial charge in [0.1, 0.15) is 0 Å². The SMILES string of the molecule is Cc1ccc(CNS(=O)(=O)c2ccc(C(=O)NCc3cccnc3)cc2)cc1. The van der Waals surface area contributed by atoms with Gasteiger partial charge in [0.2, 0.25) is 10.0 Å². The molecule has 6 nitrogen and oxygen atoms in total. The molecule has 0 saturated carbocycles. The summed E-state index contributed by atoms with van der Waals surface area (Å²) in [5.41, 5.74) is 3.27. The Morgan fingerprint density at radius 1 is 0.929 bits per heavy atom. The molecule has 0 aliphatic carbocycles. The van der Waals surface area contributed by atoms with Gasteiger partial charge in [0.05, 0.1) is 4.90 Å². The molecule has 28 heavy (non-hydrogen) atoms. The summed E-state index contributed by atoms with van der Waals surface area (Å²) in [7, 11) is -3.66. The van der Waals surface area contributed by atoms with Crippen molar-refractivity contribution in [3.63, 3.8) is 0 Å². The van der Waals surface area contributed by atoms with E-state index >= 15 is 0 Å². The van der Waals surface area contributed by atoms with Crippen LogP contribution in [-0.4, -0.2) is 19.3 Å². The molecule has 2 N–H and O–H groups in total. The van der Waals surface area contributed by atoms with Gasteiger partial charge in [0.25, 0.3) is 5.91 Å². The first-order chi connectivity index (χ1) is 13.4. The predicted octanol–water partition coefficient (Wildman–Crippen LogP) is 2.80. The van der Waals surface area contributed by atoms with Gasteiger partial charge < -0.3 is 5.32 Å². The van der Waals surface area contributed by atoms with Gasteiger partial charge in [-0.2, -0.15) is 0 Å². The summed E-state index contributed by atoms with van der Waals surface area (Å²) < 4.78 is 27.5. The summed E-state index contributed by atoms with van der Waals surface area (Å²) in [4.78, 5) is 16.3. The Morgan fingerprint density at radius 2 is 1.64 bits per heavy atom. The van der Waals surface area contributed by atoms with Gasteiger partial charge in [-0.25, -0.2) is 13.1 Å². The molecule has 0 aliphatic rings. The van der Waals surface area contributed by atoms with Crippen LogP contribution in [0.5, 0.6) is 0 Å². The molecule has 0 bridgehead atoms. The van der Waals surface area contributed by atoms with E-state index in [0.29, 0.717) is 12.1 Å². The van der Waals surface area contributed by atoms with Gasteiger partial charge in [-0.15, -0.1) is 0 Å². The molecule has 2 aromatic carbocycles. The molecule has 7 heteroatoms. The molecule has 0 saturated heterocycles. The summed E-state index contributed by atoms with van der Waals surface area (Å²) in [5.74, 6) is -0.277. The average molecular weight is 395 g/mol. The first-order valence-electron chi connectivity index (χ1n) is 8.76. The normalized spacial score (nSPS) is 11.2. The van der Waals surface area contributed by atoms with Crippen molar-refractivity contribution in [2.24, 2.45) is 0 Å². The van der Waals surface area contributed by atoms with Crippen LogP contribution < -0.4 is 10.0 Å². The molecular weight excluding hydrogens is 374 g/mol. The van der Waals surface area contributed by atoms with Crippen LogP contribution in [-0.2, 0) is 23.1 Å². The summed E-state index contributed by atoms with van der Waals surface area (Å²) >= 11 is 0. The van der Waals surface area contributed by atoms with Crippen molar-refractivity contribution in [2.45, 2.75) is 24.9 Å². The van der Waals surface area contributed by atoms with E-state index in [1.165, 1.54) is 24.3 Å². The fourth-order valence-corrected chi connectivity index (χ4v) is 3.56. The van der Waals surface area contributed by atoms with Crippen molar-refractivity contribution >= 4 is 15.9 Å². The highest BCUT2D eigenvalue weighted by atomic mass is 32.2. The van der Waals surface area contributed by atoms with Crippen LogP contribution in [0.4, 0.5) is 0 Å². The second-order valence-corrected chi connectivity index (χ2v) is 8.15. The first kappa shape index (κ1) is 19.7. The minimum absolute atomic E-state index is 0.114. The van der Waals surface area contributed by atoms with E-state index in [2.05, 4.69) is 15.0 Å². The molecular formula is C21H21N3O3S. The quantitative estimate of drug-likeness (QED) is 0.644. The average Bonchev–Trinajstić information content (AvgIpc) is 2.72. The minimum atomic E-state index is -3.66. The zero-order chi connectivity index (χ0) is 20.0. The molecule has 144 valence electrons. The lowest BCUT2D eigenvalue weighted by Crippen LogP contribution is -2.24. The lowest BCUT2D eigenvalue weighted by atomic mass is 10.2. The monoisotopic (exact) mass is 395 g/mol. The van der Waals surface area contributed by atoms with Crippen LogP contribution in [0.2, 0.25) is 0 Å². The third kappa shape index (κ3) is 5.25. The Balaban J connectivity index is 1.60. The Morgan fingerprint density at radius 3 is 2.29 bits per heavy atom. The minimum Gasteiger partial charge on any atom is -0.348 e. The Hall–Kier alpha value is -3.03. The van der Waals surface area contributed by atoms with Gasteiger partial charge in [-0.05, 0) is 48.4 Å². The summed E-state index contributed by atoms with van der Waals surface area (Å²) in [6, 6.07) is 17.1. The third-order valence-corrected chi connectivity index (χ3v) is 5.61. The Bertz CT molecular complexity index is 1030. The number of hydrogen-bond acceptors (Lipinski definition) is 4. The van der Waals surface area contributed by atoms with Crippen LogP contribution in [0.3, 0.4) is 0 Å². The number of carbonyl (C=O) groups excluding carboxylic acids is 1. The van der Waals surface area contributed by atoms with Gasteiger partial charge >= 0.3 is 0 Å². The molecule has 0 spiro atoms. The summed E-state index contributed by atoms with van der Waals surface area (Å²) in [6.07, 6.45) is 3.34. The number of hydrogen-bond donors (Lipinski definition) is 2. The number of rotatable bonds is 7. The largest absolute Gasteiger partial charge is 0.348 e. The molecule has 1 heterocycles. The first-order valence-corrected chi connectivity index (χ1v) is 10.2. The number of sulfonamides is 1. The molecule has 3 rings (SSSR count). The molecule has 0 fully saturated rings. The maximum Gasteiger partial charge on any atom is 0.251 e. The number of nitrogens with one attached hydrogen (secondary N) is 2. The summed E-state index contributed by atoms with van der Waals surface area (Å²) in [5, 5.41) is 2.78. The number of amides is 1. The van der Waals surface area contributed by atoms with Gasteiger partial charge in [-0.1, -0.05) is 35.9 Å². The van der Waals surface area contributed by atoms with Gasteiger partial charge in [0.15, 0.2) is 0 Å². The van der Waals surface area contributed by atoms with Crippen LogP contribution in [0, 0.1) is 6.92 Å². The molecule has 0 unspecified atom stereocenters. The number of benzene rings is 2. The molecule has 1 aromatic heterocycles. The van der Waals surface area contributed by atoms with Crippen molar-refractivity contribution in [1.29, 1.82) is 0 Å².